The SMILES string of the molecule is CNC1CCCN(c2nc[nH]c(=O)c2OC)C1. The Morgan fingerprint density at radius 2 is 2.47 bits per heavy atom. The lowest BCUT2D eigenvalue weighted by Crippen LogP contribution is -2.45. The monoisotopic (exact) mass is 238 g/mol. The highest BCUT2D eigenvalue weighted by molar-refractivity contribution is 5.51. The van der Waals surface area contributed by atoms with Crippen LogP contribution in [0.3, 0.4) is 0 Å². The molecule has 1 saturated heterocycles. The van der Waals surface area contributed by atoms with Crippen LogP contribution in [0, 0.1) is 0 Å². The second-order valence-electron chi connectivity index (χ2n) is 4.16. The van der Waals surface area contributed by atoms with E-state index < -0.39 is 0 Å². The highest BCUT2D eigenvalue weighted by atomic mass is 16.5. The van der Waals surface area contributed by atoms with Crippen molar-refractivity contribution in [2.24, 2.45) is 0 Å². The minimum atomic E-state index is -0.232. The van der Waals surface area contributed by atoms with E-state index in [4.69, 9.17) is 4.74 Å². The number of hydrogen-bond donors (Lipinski definition) is 2. The molecule has 6 heteroatoms. The molecule has 1 aliphatic rings. The number of methoxy groups -OCH3 is 1. The van der Waals surface area contributed by atoms with Crippen molar-refractivity contribution in [3.05, 3.63) is 16.7 Å². The summed E-state index contributed by atoms with van der Waals surface area (Å²) in [4.78, 5) is 20.4. The zero-order valence-corrected chi connectivity index (χ0v) is 10.2. The predicted octanol–water partition coefficient (Wildman–Crippen LogP) is -0.0333. The number of anilines is 1. The summed E-state index contributed by atoms with van der Waals surface area (Å²) in [5.41, 5.74) is -0.232. The fourth-order valence-corrected chi connectivity index (χ4v) is 2.19. The van der Waals surface area contributed by atoms with Crippen LogP contribution in [-0.2, 0) is 0 Å². The third-order valence-corrected chi connectivity index (χ3v) is 3.13. The van der Waals surface area contributed by atoms with Gasteiger partial charge < -0.3 is 19.9 Å². The first-order valence-corrected chi connectivity index (χ1v) is 5.80. The molecule has 2 N–H and O–H groups in total. The van der Waals surface area contributed by atoms with Gasteiger partial charge in [0, 0.05) is 19.1 Å². The van der Waals surface area contributed by atoms with Gasteiger partial charge in [0.25, 0.3) is 5.56 Å². The number of likely N-dealkylation sites (N-methyl/N-ethyl adjacent to an activating group) is 1. The molecule has 1 atom stereocenters. The second-order valence-corrected chi connectivity index (χ2v) is 4.16. The highest BCUT2D eigenvalue weighted by Crippen LogP contribution is 2.23. The molecule has 2 heterocycles. The molecule has 1 unspecified atom stereocenters. The van der Waals surface area contributed by atoms with E-state index in [9.17, 15) is 4.79 Å². The van der Waals surface area contributed by atoms with E-state index in [0.717, 1.165) is 25.9 Å². The fraction of sp³-hybridized carbons (Fsp3) is 0.636. The minimum Gasteiger partial charge on any atom is -0.489 e. The van der Waals surface area contributed by atoms with Crippen molar-refractivity contribution >= 4 is 5.82 Å². The highest BCUT2D eigenvalue weighted by Gasteiger charge is 2.23. The molecule has 2 rings (SSSR count). The Balaban J connectivity index is 2.27. The molecule has 17 heavy (non-hydrogen) atoms. The van der Waals surface area contributed by atoms with Gasteiger partial charge in [-0.1, -0.05) is 0 Å². The number of rotatable bonds is 3. The van der Waals surface area contributed by atoms with Gasteiger partial charge in [-0.15, -0.1) is 0 Å². The maximum absolute atomic E-state index is 11.6. The lowest BCUT2D eigenvalue weighted by atomic mass is 10.1. The van der Waals surface area contributed by atoms with Crippen molar-refractivity contribution in [3.8, 4) is 5.75 Å². The molecule has 1 fully saturated rings. The molecule has 0 bridgehead atoms. The number of hydrogen-bond acceptors (Lipinski definition) is 5. The lowest BCUT2D eigenvalue weighted by molar-refractivity contribution is 0.397. The summed E-state index contributed by atoms with van der Waals surface area (Å²) in [5.74, 6) is 0.931. The van der Waals surface area contributed by atoms with Gasteiger partial charge in [0.05, 0.1) is 13.4 Å². The van der Waals surface area contributed by atoms with Crippen LogP contribution < -0.4 is 20.5 Å². The first kappa shape index (κ1) is 11.9. The van der Waals surface area contributed by atoms with Gasteiger partial charge in [0.2, 0.25) is 5.75 Å². The molecule has 94 valence electrons. The van der Waals surface area contributed by atoms with Gasteiger partial charge >= 0.3 is 0 Å². The minimum absolute atomic E-state index is 0.232. The Hall–Kier alpha value is -1.56. The molecule has 1 aliphatic heterocycles. The predicted molar refractivity (Wildman–Crippen MR) is 65.7 cm³/mol. The summed E-state index contributed by atoms with van der Waals surface area (Å²) >= 11 is 0. The van der Waals surface area contributed by atoms with Crippen LogP contribution in [0.1, 0.15) is 12.8 Å². The first-order chi connectivity index (χ1) is 8.26. The Morgan fingerprint density at radius 1 is 1.65 bits per heavy atom. The number of aromatic nitrogens is 2. The maximum Gasteiger partial charge on any atom is 0.295 e. The molecular formula is C11H18N4O2. The van der Waals surface area contributed by atoms with E-state index >= 15 is 0 Å². The third kappa shape index (κ3) is 2.41. The Bertz CT molecular complexity index is 432. The Morgan fingerprint density at radius 3 is 3.18 bits per heavy atom. The van der Waals surface area contributed by atoms with E-state index in [-0.39, 0.29) is 5.56 Å². The number of nitrogens with one attached hydrogen (secondary N) is 2. The largest absolute Gasteiger partial charge is 0.489 e. The molecule has 1 aromatic heterocycles. The summed E-state index contributed by atoms with van der Waals surface area (Å²) in [6.45, 7) is 1.76. The molecule has 0 amide bonds. The fourth-order valence-electron chi connectivity index (χ4n) is 2.19. The number of aromatic amines is 1. The van der Waals surface area contributed by atoms with E-state index in [1.54, 1.807) is 0 Å². The molecular weight excluding hydrogens is 220 g/mol. The summed E-state index contributed by atoms with van der Waals surface area (Å²) in [6, 6.07) is 0.439. The van der Waals surface area contributed by atoms with Crippen molar-refractivity contribution in [2.75, 3.05) is 32.1 Å². The zero-order chi connectivity index (χ0) is 12.3. The average Bonchev–Trinajstić information content (AvgIpc) is 2.38. The number of H-pyrrole nitrogens is 1. The van der Waals surface area contributed by atoms with Crippen molar-refractivity contribution in [1.29, 1.82) is 0 Å². The standard InChI is InChI=1S/C11H18N4O2/c1-12-8-4-3-5-15(6-8)10-9(17-2)11(16)14-7-13-10/h7-8,12H,3-6H2,1-2H3,(H,13,14,16). The van der Waals surface area contributed by atoms with Crippen LogP contribution in [0.15, 0.2) is 11.1 Å². The van der Waals surface area contributed by atoms with Crippen molar-refractivity contribution < 1.29 is 4.74 Å². The molecule has 6 nitrogen and oxygen atoms in total. The average molecular weight is 238 g/mol. The van der Waals surface area contributed by atoms with Crippen LogP contribution in [-0.4, -0.2) is 43.3 Å². The molecule has 0 aromatic carbocycles. The van der Waals surface area contributed by atoms with Gasteiger partial charge in [0.1, 0.15) is 0 Å². The van der Waals surface area contributed by atoms with Crippen molar-refractivity contribution in [1.82, 2.24) is 15.3 Å². The maximum atomic E-state index is 11.6. The van der Waals surface area contributed by atoms with Gasteiger partial charge in [0.15, 0.2) is 5.82 Å². The van der Waals surface area contributed by atoms with E-state index in [1.165, 1.54) is 13.4 Å². The quantitative estimate of drug-likeness (QED) is 0.773. The number of piperidine rings is 1. The van der Waals surface area contributed by atoms with E-state index in [2.05, 4.69) is 20.2 Å². The molecule has 0 saturated carbocycles. The van der Waals surface area contributed by atoms with Crippen LogP contribution in [0.2, 0.25) is 0 Å². The summed E-state index contributed by atoms with van der Waals surface area (Å²) in [5, 5.41) is 3.26. The van der Waals surface area contributed by atoms with Crippen LogP contribution in [0.4, 0.5) is 5.82 Å². The summed E-state index contributed by atoms with van der Waals surface area (Å²) in [6.07, 6.45) is 3.66. The number of ether oxygens (including phenoxy) is 1. The topological polar surface area (TPSA) is 70.2 Å². The normalized spacial score (nSPS) is 20.4. The zero-order valence-electron chi connectivity index (χ0n) is 10.2. The van der Waals surface area contributed by atoms with Gasteiger partial charge in [-0.05, 0) is 19.9 Å². The molecule has 1 aromatic rings. The van der Waals surface area contributed by atoms with E-state index in [1.807, 2.05) is 7.05 Å². The third-order valence-electron chi connectivity index (χ3n) is 3.13. The first-order valence-electron chi connectivity index (χ1n) is 5.80. The van der Waals surface area contributed by atoms with Gasteiger partial charge in [-0.2, -0.15) is 0 Å². The number of nitrogens with zero attached hydrogens (tertiary/aromatic N) is 2. The summed E-state index contributed by atoms with van der Waals surface area (Å²) in [7, 11) is 3.45. The molecule has 0 aliphatic carbocycles. The van der Waals surface area contributed by atoms with Crippen LogP contribution in [0.5, 0.6) is 5.75 Å². The summed E-state index contributed by atoms with van der Waals surface area (Å²) < 4.78 is 5.13. The molecule has 0 spiro atoms. The van der Waals surface area contributed by atoms with Crippen LogP contribution in [0.25, 0.3) is 0 Å². The van der Waals surface area contributed by atoms with Gasteiger partial charge in [-0.25, -0.2) is 4.98 Å². The Kier molecular flexibility index (Phi) is 3.63. The van der Waals surface area contributed by atoms with Crippen molar-refractivity contribution in [3.63, 3.8) is 0 Å². The lowest BCUT2D eigenvalue weighted by Gasteiger charge is -2.33. The molecule has 0 radical (unpaired) electrons. The second kappa shape index (κ2) is 5.18. The Labute approximate surface area is 100 Å². The van der Waals surface area contributed by atoms with Gasteiger partial charge in [-0.3, -0.25) is 4.79 Å². The van der Waals surface area contributed by atoms with Crippen molar-refractivity contribution in [2.45, 2.75) is 18.9 Å². The van der Waals surface area contributed by atoms with Crippen LogP contribution >= 0.6 is 0 Å². The smallest absolute Gasteiger partial charge is 0.295 e. The van der Waals surface area contributed by atoms with E-state index in [0.29, 0.717) is 17.6 Å².